The number of nitrogens with zero attached hydrogens (tertiary/aromatic N) is 2. The zero-order chi connectivity index (χ0) is 22.7. The van der Waals surface area contributed by atoms with Crippen LogP contribution in [0.1, 0.15) is 81.8 Å². The molecule has 3 heteroatoms. The Morgan fingerprint density at radius 3 is 1.82 bits per heavy atom. The van der Waals surface area contributed by atoms with Gasteiger partial charge in [-0.15, -0.1) is 0 Å². The van der Waals surface area contributed by atoms with Gasteiger partial charge in [0, 0.05) is 25.7 Å². The van der Waals surface area contributed by atoms with Crippen LogP contribution in [0.15, 0.2) is 60.7 Å². The molecule has 3 aliphatic rings. The summed E-state index contributed by atoms with van der Waals surface area (Å²) in [7, 11) is 2.58. The van der Waals surface area contributed by atoms with Crippen LogP contribution in [-0.4, -0.2) is 30.2 Å². The number of halogens is 1. The number of hydrogen-bond donors (Lipinski definition) is 0. The maximum absolute atomic E-state index is 10.6. The van der Waals surface area contributed by atoms with Crippen LogP contribution < -0.4 is 17.0 Å². The second-order valence-electron chi connectivity index (χ2n) is 11.5. The van der Waals surface area contributed by atoms with E-state index >= 15 is 0 Å². The molecule has 1 saturated carbocycles. The normalized spacial score (nSPS) is 29.2. The summed E-state index contributed by atoms with van der Waals surface area (Å²) in [6.07, 6.45) is 15.1. The number of fused-ring (bicyclic) bond motifs is 2. The summed E-state index contributed by atoms with van der Waals surface area (Å²) >= 11 is 0. The minimum Gasteiger partial charge on any atom is -1.00 e. The molecule has 2 aliphatic heterocycles. The van der Waals surface area contributed by atoms with E-state index in [9.17, 15) is 5.26 Å². The van der Waals surface area contributed by atoms with Crippen LogP contribution >= 0.6 is 0 Å². The number of nitriles is 1. The molecule has 2 bridgehead atoms. The third-order valence-electron chi connectivity index (χ3n) is 9.78. The number of hydrogen-bond acceptors (Lipinski definition) is 1. The van der Waals surface area contributed by atoms with Gasteiger partial charge in [0.25, 0.3) is 0 Å². The van der Waals surface area contributed by atoms with Gasteiger partial charge >= 0.3 is 0 Å². The number of piperidine rings is 1. The Hall–Kier alpha value is -1.63. The predicted octanol–water partition coefficient (Wildman–Crippen LogP) is 4.25. The minimum absolute atomic E-state index is 0. The zero-order valence-corrected chi connectivity index (χ0v) is 22.4. The van der Waals surface area contributed by atoms with Gasteiger partial charge in [0.2, 0.25) is 0 Å². The lowest BCUT2D eigenvalue weighted by atomic mass is 9.67. The first-order chi connectivity index (χ1) is 16.1. The molecule has 2 aromatic carbocycles. The van der Waals surface area contributed by atoms with Crippen molar-refractivity contribution in [2.45, 2.75) is 88.1 Å². The van der Waals surface area contributed by atoms with E-state index in [2.05, 4.69) is 73.8 Å². The molecule has 0 amide bonds. The molecule has 1 aliphatic carbocycles. The van der Waals surface area contributed by atoms with Gasteiger partial charge in [-0.05, 0) is 35.8 Å². The molecule has 2 atom stereocenters. The Bertz CT molecular complexity index is 891. The molecule has 2 unspecified atom stereocenters. The second-order valence-corrected chi connectivity index (χ2v) is 11.5. The molecule has 0 spiro atoms. The predicted molar refractivity (Wildman–Crippen MR) is 136 cm³/mol. The Kier molecular flexibility index (Phi) is 8.21. The van der Waals surface area contributed by atoms with E-state index < -0.39 is 5.41 Å². The fourth-order valence-electron chi connectivity index (χ4n) is 7.78. The van der Waals surface area contributed by atoms with Crippen LogP contribution in [0.2, 0.25) is 0 Å². The summed E-state index contributed by atoms with van der Waals surface area (Å²) in [6, 6.07) is 25.6. The first-order valence-corrected chi connectivity index (χ1v) is 13.5. The van der Waals surface area contributed by atoms with Gasteiger partial charge in [0.15, 0.2) is 0 Å². The van der Waals surface area contributed by atoms with E-state index in [4.69, 9.17) is 0 Å². The van der Waals surface area contributed by atoms with Crippen molar-refractivity contribution >= 4 is 0 Å². The smallest absolute Gasteiger partial charge is 0.107 e. The van der Waals surface area contributed by atoms with Gasteiger partial charge in [0.1, 0.15) is 5.41 Å². The van der Waals surface area contributed by atoms with Crippen molar-refractivity contribution in [3.05, 3.63) is 71.8 Å². The van der Waals surface area contributed by atoms with E-state index in [0.717, 1.165) is 35.5 Å². The fraction of sp³-hybridized carbons (Fsp3) is 0.581. The van der Waals surface area contributed by atoms with E-state index in [1.807, 2.05) is 0 Å². The highest BCUT2D eigenvalue weighted by Gasteiger charge is 2.52. The molecule has 182 valence electrons. The van der Waals surface area contributed by atoms with Gasteiger partial charge in [0.05, 0.1) is 31.7 Å². The van der Waals surface area contributed by atoms with Crippen molar-refractivity contribution < 1.29 is 21.5 Å². The second kappa shape index (κ2) is 11.0. The Balaban J connectivity index is 0.00000274. The van der Waals surface area contributed by atoms with Crippen LogP contribution in [0.25, 0.3) is 0 Å². The molecule has 34 heavy (non-hydrogen) atoms. The van der Waals surface area contributed by atoms with Gasteiger partial charge in [-0.3, -0.25) is 0 Å². The molecule has 0 radical (unpaired) electrons. The summed E-state index contributed by atoms with van der Waals surface area (Å²) in [4.78, 5) is 0. The van der Waals surface area contributed by atoms with Crippen molar-refractivity contribution in [2.75, 3.05) is 13.6 Å². The lowest BCUT2D eigenvalue weighted by Crippen LogP contribution is -3.00. The molecule has 2 heterocycles. The van der Waals surface area contributed by atoms with E-state index in [1.54, 1.807) is 0 Å². The Labute approximate surface area is 217 Å². The molecular weight excluding hydrogens is 480 g/mol. The summed E-state index contributed by atoms with van der Waals surface area (Å²) in [5.41, 5.74) is 1.77. The molecule has 5 rings (SSSR count). The highest BCUT2D eigenvalue weighted by Crippen LogP contribution is 2.49. The quantitative estimate of drug-likeness (QED) is 0.500. The summed E-state index contributed by atoms with van der Waals surface area (Å²) < 4.78 is 1.32. The topological polar surface area (TPSA) is 23.8 Å². The highest BCUT2D eigenvalue weighted by molar-refractivity contribution is 5.45. The van der Waals surface area contributed by atoms with Gasteiger partial charge in [-0.1, -0.05) is 92.8 Å². The lowest BCUT2D eigenvalue weighted by molar-refractivity contribution is -0.950. The van der Waals surface area contributed by atoms with Crippen molar-refractivity contribution in [3.8, 4) is 6.07 Å². The van der Waals surface area contributed by atoms with E-state index in [1.165, 1.54) is 75.2 Å². The average molecular weight is 522 g/mol. The first kappa shape index (κ1) is 25.5. The monoisotopic (exact) mass is 520 g/mol. The SMILES string of the molecule is C[N+]1(CCC2CCCCC2)C2CCC1CC(CC(C#N)(c1ccccc1)c1ccccc1)C2.[Br-]. The maximum atomic E-state index is 10.6. The molecule has 2 saturated heterocycles. The average Bonchev–Trinajstić information content (AvgIpc) is 3.03. The highest BCUT2D eigenvalue weighted by atomic mass is 79.9. The number of benzene rings is 2. The van der Waals surface area contributed by atoms with Crippen LogP contribution in [0.5, 0.6) is 0 Å². The van der Waals surface area contributed by atoms with Crippen LogP contribution in [0.3, 0.4) is 0 Å². The van der Waals surface area contributed by atoms with Crippen molar-refractivity contribution in [2.24, 2.45) is 11.8 Å². The molecule has 2 nitrogen and oxygen atoms in total. The third kappa shape index (κ3) is 4.87. The van der Waals surface area contributed by atoms with E-state index in [0.29, 0.717) is 5.92 Å². The third-order valence-corrected chi connectivity index (χ3v) is 9.78. The van der Waals surface area contributed by atoms with Gasteiger partial charge in [-0.25, -0.2) is 0 Å². The Morgan fingerprint density at radius 2 is 1.32 bits per heavy atom. The van der Waals surface area contributed by atoms with Crippen LogP contribution in [0.4, 0.5) is 0 Å². The van der Waals surface area contributed by atoms with Crippen molar-refractivity contribution in [1.29, 1.82) is 5.26 Å². The molecule has 3 fully saturated rings. The number of rotatable bonds is 7. The van der Waals surface area contributed by atoms with Crippen molar-refractivity contribution in [3.63, 3.8) is 0 Å². The summed E-state index contributed by atoms with van der Waals surface area (Å²) in [5, 5.41) is 10.6. The van der Waals surface area contributed by atoms with Crippen LogP contribution in [-0.2, 0) is 5.41 Å². The standard InChI is InChI=1S/C31H41N2.BrH/c1-33(20-19-25-11-5-2-6-12-25)29-17-18-30(33)22-26(21-29)23-31(24-32,27-13-7-3-8-14-27)28-15-9-4-10-16-28;/h3-4,7-10,13-16,25-26,29-30H,2,5-6,11-12,17-23H2,1H3;1H/q+1;/p-1. The largest absolute Gasteiger partial charge is 1.00 e. The molecule has 0 aromatic heterocycles. The summed E-state index contributed by atoms with van der Waals surface area (Å²) in [5.74, 6) is 1.61. The maximum Gasteiger partial charge on any atom is 0.107 e. The lowest BCUT2D eigenvalue weighted by Gasteiger charge is -2.49. The zero-order valence-electron chi connectivity index (χ0n) is 20.8. The van der Waals surface area contributed by atoms with E-state index in [-0.39, 0.29) is 17.0 Å². The van der Waals surface area contributed by atoms with Gasteiger partial charge < -0.3 is 21.5 Å². The fourth-order valence-corrected chi connectivity index (χ4v) is 7.78. The molecule has 2 aromatic rings. The number of quaternary nitrogens is 1. The van der Waals surface area contributed by atoms with Gasteiger partial charge in [-0.2, -0.15) is 5.26 Å². The van der Waals surface area contributed by atoms with Crippen LogP contribution in [0, 0.1) is 23.2 Å². The van der Waals surface area contributed by atoms with Crippen molar-refractivity contribution in [1.82, 2.24) is 0 Å². The molecular formula is C31H41BrN2. The first-order valence-electron chi connectivity index (χ1n) is 13.5. The molecule has 0 N–H and O–H groups in total. The summed E-state index contributed by atoms with van der Waals surface area (Å²) in [6.45, 7) is 1.38. The Morgan fingerprint density at radius 1 is 0.794 bits per heavy atom. The minimum atomic E-state index is -0.546.